The Hall–Kier alpha value is -1.56. The molecule has 6 heteroatoms. The van der Waals surface area contributed by atoms with Gasteiger partial charge >= 0.3 is 12.1 Å². The normalized spacial score (nSPS) is 12.1. The van der Waals surface area contributed by atoms with Crippen molar-refractivity contribution in [3.05, 3.63) is 12.2 Å². The fourth-order valence-corrected chi connectivity index (χ4v) is 2.67. The molecule has 1 amide bonds. The number of aliphatic hydroxyl groups excluding tert-OH is 1. The van der Waals surface area contributed by atoms with Crippen LogP contribution in [-0.4, -0.2) is 29.9 Å². The number of carbonyl (C=O) groups excluding carboxylic acids is 2. The lowest BCUT2D eigenvalue weighted by atomic mass is 10.1. The first kappa shape index (κ1) is 25.4. The minimum atomic E-state index is -0.747. The van der Waals surface area contributed by atoms with Crippen molar-refractivity contribution in [2.24, 2.45) is 0 Å². The number of hydrogen-bond acceptors (Lipinski definition) is 5. The summed E-state index contributed by atoms with van der Waals surface area (Å²) in [4.78, 5) is 26.9. The molecule has 0 aliphatic heterocycles. The second kappa shape index (κ2) is 19.2. The predicted octanol–water partition coefficient (Wildman–Crippen LogP) is 5.20. The van der Waals surface area contributed by atoms with Crippen LogP contribution in [0.3, 0.4) is 0 Å². The fraction of sp³-hybridized carbons (Fsp3) is 0.810. The van der Waals surface area contributed by atoms with Crippen LogP contribution in [0.1, 0.15) is 97.3 Å². The van der Waals surface area contributed by atoms with Crippen molar-refractivity contribution in [2.75, 3.05) is 6.61 Å². The number of aliphatic hydroxyl groups is 1. The number of hydroxylamine groups is 1. The molecule has 0 aliphatic carbocycles. The molecule has 0 aliphatic rings. The van der Waals surface area contributed by atoms with Gasteiger partial charge in [-0.3, -0.25) is 0 Å². The molecule has 0 rings (SSSR count). The Bertz CT molecular complexity index is 398. The largest absolute Gasteiger partial charge is 0.448 e. The number of nitrogens with one attached hydrogen (secondary N) is 1. The van der Waals surface area contributed by atoms with Gasteiger partial charge in [0, 0.05) is 6.42 Å². The molecule has 158 valence electrons. The van der Waals surface area contributed by atoms with E-state index in [1.54, 1.807) is 6.92 Å². The lowest BCUT2D eigenvalue weighted by molar-refractivity contribution is -0.149. The molecule has 6 nitrogen and oxygen atoms in total. The van der Waals surface area contributed by atoms with E-state index in [0.717, 1.165) is 57.8 Å². The van der Waals surface area contributed by atoms with Crippen molar-refractivity contribution >= 4 is 12.1 Å². The Kier molecular flexibility index (Phi) is 18.1. The van der Waals surface area contributed by atoms with E-state index in [-0.39, 0.29) is 12.7 Å². The maximum Gasteiger partial charge on any atom is 0.440 e. The Morgan fingerprint density at radius 1 is 0.963 bits per heavy atom. The monoisotopic (exact) mass is 385 g/mol. The van der Waals surface area contributed by atoms with Crippen LogP contribution >= 0.6 is 0 Å². The number of unbranched alkanes of at least 4 members (excludes halogenated alkanes) is 8. The van der Waals surface area contributed by atoms with E-state index < -0.39 is 12.1 Å². The number of hydrogen-bond donors (Lipinski definition) is 2. The summed E-state index contributed by atoms with van der Waals surface area (Å²) >= 11 is 0. The second-order valence-corrected chi connectivity index (χ2v) is 6.81. The van der Waals surface area contributed by atoms with E-state index >= 15 is 0 Å². The average molecular weight is 386 g/mol. The molecule has 2 N–H and O–H groups in total. The van der Waals surface area contributed by atoms with Gasteiger partial charge in [0.15, 0.2) is 0 Å². The predicted molar refractivity (Wildman–Crippen MR) is 107 cm³/mol. The van der Waals surface area contributed by atoms with Crippen LogP contribution in [0.4, 0.5) is 4.79 Å². The fourth-order valence-electron chi connectivity index (χ4n) is 2.67. The molecule has 27 heavy (non-hydrogen) atoms. The third-order valence-electron chi connectivity index (χ3n) is 4.24. The smallest absolute Gasteiger partial charge is 0.440 e. The standard InChI is InChI=1S/C21H39NO5/c1-3-5-6-13-16-19(23)17-14-11-9-7-8-10-12-15-18-20(24)27-22-21(25)26-4-2/h11,14,19,23H,3-10,12-13,15-18H2,1-2H3,(H,22,25)/b14-11-/t19-/m1/s1. The highest BCUT2D eigenvalue weighted by atomic mass is 16.7. The Morgan fingerprint density at radius 3 is 2.41 bits per heavy atom. The zero-order valence-corrected chi connectivity index (χ0v) is 17.2. The van der Waals surface area contributed by atoms with Gasteiger partial charge in [0.05, 0.1) is 12.7 Å². The summed E-state index contributed by atoms with van der Waals surface area (Å²) in [5.41, 5.74) is 1.95. The number of amides is 1. The molecule has 0 saturated heterocycles. The highest BCUT2D eigenvalue weighted by Crippen LogP contribution is 2.10. The minimum absolute atomic E-state index is 0.198. The Labute approximate surface area is 164 Å². The van der Waals surface area contributed by atoms with Crippen LogP contribution in [0.15, 0.2) is 12.2 Å². The van der Waals surface area contributed by atoms with Crippen LogP contribution in [0.2, 0.25) is 0 Å². The average Bonchev–Trinajstić information content (AvgIpc) is 2.65. The molecule has 0 aromatic heterocycles. The van der Waals surface area contributed by atoms with Gasteiger partial charge in [-0.1, -0.05) is 64.0 Å². The van der Waals surface area contributed by atoms with E-state index in [1.165, 1.54) is 19.3 Å². The maximum atomic E-state index is 11.4. The molecule has 0 radical (unpaired) electrons. The SMILES string of the molecule is CCCCCC[C@@H](O)C/C=C\CCCCCCCC(=O)ONC(=O)OCC. The first-order valence-electron chi connectivity index (χ1n) is 10.6. The summed E-state index contributed by atoms with van der Waals surface area (Å²) < 4.78 is 4.58. The third-order valence-corrected chi connectivity index (χ3v) is 4.24. The number of allylic oxidation sites excluding steroid dienone is 1. The lowest BCUT2D eigenvalue weighted by Gasteiger charge is -2.07. The van der Waals surface area contributed by atoms with E-state index in [9.17, 15) is 14.7 Å². The van der Waals surface area contributed by atoms with Gasteiger partial charge < -0.3 is 14.7 Å². The van der Waals surface area contributed by atoms with Crippen molar-refractivity contribution in [1.82, 2.24) is 5.48 Å². The maximum absolute atomic E-state index is 11.4. The molecule has 0 aromatic rings. The topological polar surface area (TPSA) is 84.9 Å². The Morgan fingerprint density at radius 2 is 1.67 bits per heavy atom. The highest BCUT2D eigenvalue weighted by molar-refractivity contribution is 5.72. The summed E-state index contributed by atoms with van der Waals surface area (Å²) in [6.45, 7) is 4.10. The second-order valence-electron chi connectivity index (χ2n) is 6.81. The quantitative estimate of drug-likeness (QED) is 0.217. The van der Waals surface area contributed by atoms with Crippen molar-refractivity contribution in [3.63, 3.8) is 0 Å². The summed E-state index contributed by atoms with van der Waals surface area (Å²) in [5.74, 6) is -0.445. The van der Waals surface area contributed by atoms with Crippen molar-refractivity contribution in [3.8, 4) is 0 Å². The number of carbonyl (C=O) groups is 2. The van der Waals surface area contributed by atoms with Gasteiger partial charge in [0.2, 0.25) is 0 Å². The molecule has 0 heterocycles. The van der Waals surface area contributed by atoms with E-state index in [2.05, 4.69) is 28.7 Å². The summed E-state index contributed by atoms with van der Waals surface area (Å²) in [6, 6.07) is 0. The van der Waals surface area contributed by atoms with Gasteiger partial charge in [0.25, 0.3) is 0 Å². The number of ether oxygens (including phenoxy) is 1. The van der Waals surface area contributed by atoms with E-state index in [0.29, 0.717) is 6.42 Å². The summed E-state index contributed by atoms with van der Waals surface area (Å²) in [7, 11) is 0. The number of rotatable bonds is 16. The Balaban J connectivity index is 3.39. The van der Waals surface area contributed by atoms with Gasteiger partial charge in [-0.25, -0.2) is 9.59 Å². The molecule has 0 unspecified atom stereocenters. The van der Waals surface area contributed by atoms with Gasteiger partial charge in [-0.2, -0.15) is 0 Å². The lowest BCUT2D eigenvalue weighted by Crippen LogP contribution is -2.27. The van der Waals surface area contributed by atoms with Crippen LogP contribution in [0.5, 0.6) is 0 Å². The highest BCUT2D eigenvalue weighted by Gasteiger charge is 2.06. The van der Waals surface area contributed by atoms with E-state index in [1.807, 2.05) is 5.48 Å². The van der Waals surface area contributed by atoms with Gasteiger partial charge in [-0.15, -0.1) is 5.48 Å². The summed E-state index contributed by atoms with van der Waals surface area (Å²) in [6.07, 6.45) is 16.2. The zero-order chi connectivity index (χ0) is 20.2. The van der Waals surface area contributed by atoms with Crippen LogP contribution in [-0.2, 0) is 14.4 Å². The molecular formula is C21H39NO5. The minimum Gasteiger partial charge on any atom is -0.448 e. The van der Waals surface area contributed by atoms with Gasteiger partial charge in [-0.05, 0) is 39.0 Å². The third kappa shape index (κ3) is 19.0. The first-order chi connectivity index (χ1) is 13.1. The molecule has 1 atom stereocenters. The molecule has 0 spiro atoms. The van der Waals surface area contributed by atoms with Crippen LogP contribution < -0.4 is 5.48 Å². The van der Waals surface area contributed by atoms with Crippen LogP contribution in [0, 0.1) is 0 Å². The van der Waals surface area contributed by atoms with Gasteiger partial charge in [0.1, 0.15) is 0 Å². The van der Waals surface area contributed by atoms with Crippen molar-refractivity contribution in [1.29, 1.82) is 0 Å². The zero-order valence-electron chi connectivity index (χ0n) is 17.2. The molecule has 0 saturated carbocycles. The summed E-state index contributed by atoms with van der Waals surface area (Å²) in [5, 5.41) is 9.87. The van der Waals surface area contributed by atoms with Crippen LogP contribution in [0.25, 0.3) is 0 Å². The van der Waals surface area contributed by atoms with E-state index in [4.69, 9.17) is 0 Å². The molecule has 0 fully saturated rings. The molecule has 0 aromatic carbocycles. The first-order valence-corrected chi connectivity index (χ1v) is 10.6. The molecule has 0 bridgehead atoms. The molecular weight excluding hydrogens is 346 g/mol. The van der Waals surface area contributed by atoms with Crippen molar-refractivity contribution < 1.29 is 24.3 Å². The van der Waals surface area contributed by atoms with Crippen molar-refractivity contribution in [2.45, 2.75) is 103 Å².